The van der Waals surface area contributed by atoms with Crippen molar-refractivity contribution in [2.75, 3.05) is 6.61 Å². The highest BCUT2D eigenvalue weighted by atomic mass is 19.4. The van der Waals surface area contributed by atoms with Gasteiger partial charge >= 0.3 is 12.3 Å². The van der Waals surface area contributed by atoms with Crippen molar-refractivity contribution in [1.82, 2.24) is 14.7 Å². The normalized spacial score (nSPS) is 17.1. The van der Waals surface area contributed by atoms with Crippen LogP contribution in [0.4, 0.5) is 13.2 Å². The van der Waals surface area contributed by atoms with E-state index in [0.29, 0.717) is 36.1 Å². The molecule has 2 aromatic carbocycles. The van der Waals surface area contributed by atoms with Crippen LogP contribution in [-0.4, -0.2) is 34.2 Å². The van der Waals surface area contributed by atoms with Crippen LogP contribution in [0.25, 0.3) is 16.8 Å². The summed E-state index contributed by atoms with van der Waals surface area (Å²) in [6, 6.07) is 17.8. The van der Waals surface area contributed by atoms with Crippen molar-refractivity contribution >= 4 is 17.5 Å². The Kier molecular flexibility index (Phi) is 8.80. The van der Waals surface area contributed by atoms with Gasteiger partial charge in [0.2, 0.25) is 0 Å². The molecule has 0 bridgehead atoms. The third kappa shape index (κ3) is 7.48. The zero-order valence-corrected chi connectivity index (χ0v) is 23.2. The number of hydrogen-bond donors (Lipinski definition) is 1. The van der Waals surface area contributed by atoms with Crippen LogP contribution < -0.4 is 10.1 Å². The predicted octanol–water partition coefficient (Wildman–Crippen LogP) is 7.06. The number of amides is 1. The second kappa shape index (κ2) is 12.7. The van der Waals surface area contributed by atoms with E-state index in [-0.39, 0.29) is 24.0 Å². The molecule has 7 nitrogen and oxygen atoms in total. The lowest BCUT2D eigenvalue weighted by Gasteiger charge is -2.28. The molecule has 1 N–H and O–H groups in total. The Morgan fingerprint density at radius 3 is 2.43 bits per heavy atom. The molecule has 2 aromatic heterocycles. The molecule has 220 valence electrons. The molecule has 0 radical (unpaired) electrons. The number of benzene rings is 2. The first-order valence-electron chi connectivity index (χ1n) is 14.0. The number of nitrogens with one attached hydrogen (secondary N) is 1. The number of fused-ring (bicyclic) bond motifs is 1. The molecule has 1 aliphatic carbocycles. The zero-order valence-electron chi connectivity index (χ0n) is 23.2. The molecule has 1 saturated carbocycles. The summed E-state index contributed by atoms with van der Waals surface area (Å²) in [5.74, 6) is -0.00595. The molecular weight excluding hydrogens is 547 g/mol. The van der Waals surface area contributed by atoms with E-state index in [0.717, 1.165) is 36.8 Å². The summed E-state index contributed by atoms with van der Waals surface area (Å²) < 4.78 is 48.3. The quantitative estimate of drug-likeness (QED) is 0.215. The number of carbonyl (C=O) groups excluding carboxylic acids is 2. The fourth-order valence-electron chi connectivity index (χ4n) is 5.50. The number of esters is 1. The topological polar surface area (TPSA) is 81.9 Å². The van der Waals surface area contributed by atoms with E-state index in [1.165, 1.54) is 23.8 Å². The predicted molar refractivity (Wildman–Crippen MR) is 151 cm³/mol. The Labute approximate surface area is 241 Å². The number of ether oxygens (including phenoxy) is 2. The first kappa shape index (κ1) is 29.2. The SMILES string of the molecule is CCOC(=O)C[C@H]1CC[C@H](c2ccc(-c3ccc4nc(C(=O)NCc5cccc(OC(F)(F)F)c5)cn4c3)cc2)CC1. The van der Waals surface area contributed by atoms with Crippen molar-refractivity contribution < 1.29 is 32.2 Å². The summed E-state index contributed by atoms with van der Waals surface area (Å²) in [5, 5.41) is 2.69. The number of rotatable bonds is 9. The fourth-order valence-corrected chi connectivity index (χ4v) is 5.50. The van der Waals surface area contributed by atoms with Gasteiger partial charge in [0, 0.05) is 25.4 Å². The number of aromatic nitrogens is 2. The van der Waals surface area contributed by atoms with Gasteiger partial charge in [-0.15, -0.1) is 13.2 Å². The van der Waals surface area contributed by atoms with Crippen LogP contribution in [0.1, 0.15) is 66.6 Å². The summed E-state index contributed by atoms with van der Waals surface area (Å²) in [5.41, 5.74) is 4.57. The van der Waals surface area contributed by atoms with Crippen LogP contribution in [0.5, 0.6) is 5.75 Å². The van der Waals surface area contributed by atoms with Gasteiger partial charge in [0.05, 0.1) is 6.61 Å². The van der Waals surface area contributed by atoms with Crippen molar-refractivity contribution in [3.63, 3.8) is 0 Å². The lowest BCUT2D eigenvalue weighted by Crippen LogP contribution is -2.23. The van der Waals surface area contributed by atoms with Crippen LogP contribution in [0.2, 0.25) is 0 Å². The second-order valence-corrected chi connectivity index (χ2v) is 10.5. The number of hydrogen-bond acceptors (Lipinski definition) is 5. The molecule has 0 atom stereocenters. The van der Waals surface area contributed by atoms with Crippen molar-refractivity contribution in [3.8, 4) is 16.9 Å². The van der Waals surface area contributed by atoms with Crippen molar-refractivity contribution in [3.05, 3.63) is 89.9 Å². The van der Waals surface area contributed by atoms with E-state index >= 15 is 0 Å². The summed E-state index contributed by atoms with van der Waals surface area (Å²) in [7, 11) is 0. The highest BCUT2D eigenvalue weighted by Crippen LogP contribution is 2.38. The fraction of sp³-hybridized carbons (Fsp3) is 0.344. The summed E-state index contributed by atoms with van der Waals surface area (Å²) >= 11 is 0. The molecule has 2 heterocycles. The highest BCUT2D eigenvalue weighted by molar-refractivity contribution is 5.92. The van der Waals surface area contributed by atoms with Gasteiger partial charge in [-0.1, -0.05) is 36.4 Å². The third-order valence-corrected chi connectivity index (χ3v) is 7.59. The summed E-state index contributed by atoms with van der Waals surface area (Å²) in [6.45, 7) is 2.28. The highest BCUT2D eigenvalue weighted by Gasteiger charge is 2.31. The van der Waals surface area contributed by atoms with Crippen molar-refractivity contribution in [2.45, 2.75) is 57.9 Å². The first-order valence-corrected chi connectivity index (χ1v) is 14.0. The number of pyridine rings is 1. The van der Waals surface area contributed by atoms with Crippen LogP contribution >= 0.6 is 0 Å². The minimum atomic E-state index is -4.79. The van der Waals surface area contributed by atoms with Crippen LogP contribution in [0, 0.1) is 5.92 Å². The van der Waals surface area contributed by atoms with Gasteiger partial charge in [-0.25, -0.2) is 4.98 Å². The number of halogens is 3. The van der Waals surface area contributed by atoms with Gasteiger partial charge in [-0.2, -0.15) is 0 Å². The minimum Gasteiger partial charge on any atom is -0.466 e. The largest absolute Gasteiger partial charge is 0.573 e. The van der Waals surface area contributed by atoms with Gasteiger partial charge in [0.25, 0.3) is 5.91 Å². The molecule has 0 unspecified atom stereocenters. The number of carbonyl (C=O) groups is 2. The summed E-state index contributed by atoms with van der Waals surface area (Å²) in [6.07, 6.45) is 3.42. The first-order chi connectivity index (χ1) is 20.2. The number of alkyl halides is 3. The Morgan fingerprint density at radius 1 is 0.976 bits per heavy atom. The lowest BCUT2D eigenvalue weighted by molar-refractivity contribution is -0.274. The third-order valence-electron chi connectivity index (χ3n) is 7.59. The Balaban J connectivity index is 1.19. The van der Waals surface area contributed by atoms with E-state index in [9.17, 15) is 22.8 Å². The molecular formula is C32H32F3N3O4. The molecule has 5 rings (SSSR count). The molecule has 1 aliphatic rings. The average Bonchev–Trinajstić information content (AvgIpc) is 3.40. The van der Waals surface area contributed by atoms with E-state index in [1.54, 1.807) is 16.7 Å². The molecule has 1 amide bonds. The van der Waals surface area contributed by atoms with Gasteiger partial charge < -0.3 is 19.2 Å². The lowest BCUT2D eigenvalue weighted by atomic mass is 9.77. The molecule has 1 fully saturated rings. The number of imidazole rings is 1. The maximum atomic E-state index is 12.7. The molecule has 0 saturated heterocycles. The smallest absolute Gasteiger partial charge is 0.466 e. The van der Waals surface area contributed by atoms with Crippen LogP contribution in [0.3, 0.4) is 0 Å². The minimum absolute atomic E-state index is 0.0202. The van der Waals surface area contributed by atoms with E-state index in [2.05, 4.69) is 39.3 Å². The van der Waals surface area contributed by atoms with Crippen molar-refractivity contribution in [2.24, 2.45) is 5.92 Å². The van der Waals surface area contributed by atoms with E-state index < -0.39 is 12.3 Å². The molecule has 10 heteroatoms. The van der Waals surface area contributed by atoms with Crippen LogP contribution in [-0.2, 0) is 16.1 Å². The molecule has 0 spiro atoms. The summed E-state index contributed by atoms with van der Waals surface area (Å²) in [4.78, 5) is 28.9. The number of nitrogens with zero attached hydrogens (tertiary/aromatic N) is 2. The molecule has 4 aromatic rings. The Hall–Kier alpha value is -4.34. The monoisotopic (exact) mass is 579 g/mol. The molecule has 42 heavy (non-hydrogen) atoms. The Bertz CT molecular complexity index is 1540. The standard InChI is InChI=1S/C32H32F3N3O4/c1-2-41-30(39)17-21-6-8-23(9-7-21)24-10-12-25(13-11-24)26-14-15-29-37-28(20-38(29)19-26)31(40)36-18-22-4-3-5-27(16-22)42-32(33,34)35/h3-5,10-16,19-21,23H,2,6-9,17-18H2,1H3,(H,36,40)/t21-,23-. The van der Waals surface area contributed by atoms with Gasteiger partial charge in [-0.3, -0.25) is 9.59 Å². The van der Waals surface area contributed by atoms with E-state index in [4.69, 9.17) is 4.74 Å². The van der Waals surface area contributed by atoms with Crippen LogP contribution in [0.15, 0.2) is 73.1 Å². The zero-order chi connectivity index (χ0) is 29.7. The van der Waals surface area contributed by atoms with Gasteiger partial charge in [0.1, 0.15) is 17.1 Å². The second-order valence-electron chi connectivity index (χ2n) is 10.5. The van der Waals surface area contributed by atoms with E-state index in [1.807, 2.05) is 25.3 Å². The van der Waals surface area contributed by atoms with Gasteiger partial charge in [-0.05, 0) is 91.0 Å². The molecule has 0 aliphatic heterocycles. The van der Waals surface area contributed by atoms with Crippen molar-refractivity contribution in [1.29, 1.82) is 0 Å². The average molecular weight is 580 g/mol. The Morgan fingerprint density at radius 2 is 1.71 bits per heavy atom. The maximum absolute atomic E-state index is 12.7. The van der Waals surface area contributed by atoms with Gasteiger partial charge in [0.15, 0.2) is 0 Å². The maximum Gasteiger partial charge on any atom is 0.573 e.